The van der Waals surface area contributed by atoms with E-state index < -0.39 is 0 Å². The minimum atomic E-state index is -0.375. The highest BCUT2D eigenvalue weighted by Gasteiger charge is 2.20. The van der Waals surface area contributed by atoms with Crippen LogP contribution in [0.5, 0.6) is 0 Å². The van der Waals surface area contributed by atoms with Crippen LogP contribution in [0.25, 0.3) is 0 Å². The molecular weight excluding hydrogens is 534 g/mol. The van der Waals surface area contributed by atoms with Gasteiger partial charge in [-0.2, -0.15) is 0 Å². The first-order valence-electron chi connectivity index (χ1n) is 11.3. The van der Waals surface area contributed by atoms with Gasteiger partial charge in [0.05, 0.1) is 19.1 Å². The Morgan fingerprint density at radius 3 is 2.24 bits per heavy atom. The highest BCUT2D eigenvalue weighted by Crippen LogP contribution is 2.18. The van der Waals surface area contributed by atoms with Gasteiger partial charge in [-0.25, -0.2) is 9.59 Å². The van der Waals surface area contributed by atoms with Crippen molar-refractivity contribution in [3.8, 4) is 0 Å². The van der Waals surface area contributed by atoms with Crippen LogP contribution in [-0.4, -0.2) is 29.7 Å². The maximum absolute atomic E-state index is 13.0. The number of nitrogens with one attached hydrogen (secondary N) is 2. The molecule has 6 nitrogen and oxygen atoms in total. The van der Waals surface area contributed by atoms with E-state index in [4.69, 9.17) is 4.74 Å². The molecule has 0 saturated carbocycles. The largest absolute Gasteiger partial charge is 0.447 e. The monoisotopic (exact) mass is 563 g/mol. The third-order valence-corrected chi connectivity index (χ3v) is 7.38. The van der Waals surface area contributed by atoms with Crippen molar-refractivity contribution in [2.75, 3.05) is 6.61 Å². The lowest BCUT2D eigenvalue weighted by Gasteiger charge is -2.24. The van der Waals surface area contributed by atoms with Gasteiger partial charge in [0, 0.05) is 20.8 Å². The molecule has 34 heavy (non-hydrogen) atoms. The third kappa shape index (κ3) is 9.12. The summed E-state index contributed by atoms with van der Waals surface area (Å²) in [6.45, 7) is 3.65. The van der Waals surface area contributed by atoms with Crippen LogP contribution in [0.3, 0.4) is 0 Å². The molecule has 1 atom stereocenters. The van der Waals surface area contributed by atoms with Gasteiger partial charge in [-0.3, -0.25) is 4.90 Å². The van der Waals surface area contributed by atoms with E-state index in [0.717, 1.165) is 39.1 Å². The van der Waals surface area contributed by atoms with Crippen LogP contribution in [0.2, 0.25) is 0 Å². The van der Waals surface area contributed by atoms with Crippen molar-refractivity contribution in [1.29, 1.82) is 0 Å². The Morgan fingerprint density at radius 2 is 1.68 bits per heavy atom. The number of carbonyl (C=O) groups excluding carboxylic acids is 2. The summed E-state index contributed by atoms with van der Waals surface area (Å²) >= 11 is 6.64. The summed E-state index contributed by atoms with van der Waals surface area (Å²) in [6, 6.07) is 15.3. The third-order valence-electron chi connectivity index (χ3n) is 5.13. The topological polar surface area (TPSA) is 70.7 Å². The molecule has 0 fully saturated rings. The van der Waals surface area contributed by atoms with Gasteiger partial charge in [0.15, 0.2) is 0 Å². The van der Waals surface area contributed by atoms with Crippen molar-refractivity contribution in [2.24, 2.45) is 0 Å². The average molecular weight is 565 g/mol. The highest BCUT2D eigenvalue weighted by molar-refractivity contribution is 9.10. The molecule has 2 N–H and O–H groups in total. The van der Waals surface area contributed by atoms with Gasteiger partial charge in [0.1, 0.15) is 6.61 Å². The summed E-state index contributed by atoms with van der Waals surface area (Å²) in [5.41, 5.74) is 1.01. The lowest BCUT2D eigenvalue weighted by Crippen LogP contribution is -2.45. The number of hydrogen-bond donors (Lipinski definition) is 2. The number of benzene rings is 1. The molecule has 3 aromatic rings. The predicted octanol–water partition coefficient (Wildman–Crippen LogP) is 6.77. The Bertz CT molecular complexity index is 959. The normalized spacial score (nSPS) is 11.6. The van der Waals surface area contributed by atoms with Gasteiger partial charge in [0.25, 0.3) is 0 Å². The minimum Gasteiger partial charge on any atom is -0.447 e. The number of unbranched alkanes of at least 4 members (excludes halogenated alkanes) is 1. The van der Waals surface area contributed by atoms with Crippen molar-refractivity contribution in [3.63, 3.8) is 0 Å². The zero-order valence-electron chi connectivity index (χ0n) is 19.2. The summed E-state index contributed by atoms with van der Waals surface area (Å²) in [5, 5.41) is 9.85. The zero-order valence-corrected chi connectivity index (χ0v) is 22.4. The fourth-order valence-corrected chi connectivity index (χ4v) is 5.00. The Labute approximate surface area is 217 Å². The SMILES string of the molecule is CCCCC(COC(=O)N(Cc1cccs1)Cc1cccs1)NC(=O)NCc1ccc(Br)cc1. The lowest BCUT2D eigenvalue weighted by atomic mass is 10.1. The molecule has 182 valence electrons. The first kappa shape index (κ1) is 26.2. The second kappa shape index (κ2) is 14.1. The average Bonchev–Trinajstić information content (AvgIpc) is 3.54. The molecule has 0 saturated heterocycles. The molecule has 0 spiro atoms. The molecule has 2 aromatic heterocycles. The number of hydrogen-bond acceptors (Lipinski definition) is 5. The number of carbonyl (C=O) groups is 2. The standard InChI is InChI=1S/C25H30BrN3O3S2/c1-2-3-6-21(28-24(30)27-15-19-9-11-20(26)12-10-19)18-32-25(31)29(16-22-7-4-13-33-22)17-23-8-5-14-34-23/h4-5,7-14,21H,2-3,6,15-18H2,1H3,(H2,27,28,30). The smallest absolute Gasteiger partial charge is 0.410 e. The zero-order chi connectivity index (χ0) is 24.2. The number of ether oxygens (including phenoxy) is 1. The molecule has 0 aliphatic heterocycles. The maximum Gasteiger partial charge on any atom is 0.410 e. The van der Waals surface area contributed by atoms with Crippen molar-refractivity contribution in [2.45, 2.75) is 51.9 Å². The maximum atomic E-state index is 13.0. The van der Waals surface area contributed by atoms with Gasteiger partial charge in [-0.05, 0) is 47.0 Å². The molecule has 3 rings (SSSR count). The van der Waals surface area contributed by atoms with Gasteiger partial charge in [0.2, 0.25) is 0 Å². The number of nitrogens with zero attached hydrogens (tertiary/aromatic N) is 1. The van der Waals surface area contributed by atoms with E-state index in [-0.39, 0.29) is 24.8 Å². The molecule has 0 bridgehead atoms. The van der Waals surface area contributed by atoms with Crippen LogP contribution in [0.15, 0.2) is 63.8 Å². The lowest BCUT2D eigenvalue weighted by molar-refractivity contribution is 0.0880. The van der Waals surface area contributed by atoms with E-state index in [9.17, 15) is 9.59 Å². The van der Waals surface area contributed by atoms with E-state index in [2.05, 4.69) is 33.5 Å². The second-order valence-electron chi connectivity index (χ2n) is 7.88. The Hall–Kier alpha value is -2.36. The molecule has 1 unspecified atom stereocenters. The fraction of sp³-hybridized carbons (Fsp3) is 0.360. The number of thiophene rings is 2. The van der Waals surface area contributed by atoms with E-state index in [1.165, 1.54) is 0 Å². The number of urea groups is 1. The molecule has 1 aromatic carbocycles. The quantitative estimate of drug-likeness (QED) is 0.255. The highest BCUT2D eigenvalue weighted by atomic mass is 79.9. The molecule has 0 aliphatic rings. The van der Waals surface area contributed by atoms with E-state index in [0.29, 0.717) is 19.6 Å². The van der Waals surface area contributed by atoms with Crippen LogP contribution in [0.1, 0.15) is 41.5 Å². The van der Waals surface area contributed by atoms with Gasteiger partial charge < -0.3 is 15.4 Å². The van der Waals surface area contributed by atoms with Crippen LogP contribution >= 0.6 is 38.6 Å². The first-order valence-corrected chi connectivity index (χ1v) is 13.8. The van der Waals surface area contributed by atoms with Crippen LogP contribution in [0, 0.1) is 0 Å². The first-order chi connectivity index (χ1) is 16.5. The molecule has 3 amide bonds. The molecule has 0 radical (unpaired) electrons. The number of amides is 3. The Kier molecular flexibility index (Phi) is 10.9. The van der Waals surface area contributed by atoms with E-state index in [1.54, 1.807) is 27.6 Å². The van der Waals surface area contributed by atoms with Crippen molar-refractivity contribution >= 4 is 50.7 Å². The van der Waals surface area contributed by atoms with Gasteiger partial charge in [-0.15, -0.1) is 22.7 Å². The van der Waals surface area contributed by atoms with Crippen molar-refractivity contribution in [1.82, 2.24) is 15.5 Å². The van der Waals surface area contributed by atoms with Crippen LogP contribution in [-0.2, 0) is 24.4 Å². The molecule has 2 heterocycles. The summed E-state index contributed by atoms with van der Waals surface area (Å²) < 4.78 is 6.68. The summed E-state index contributed by atoms with van der Waals surface area (Å²) in [4.78, 5) is 29.4. The number of rotatable bonds is 12. The second-order valence-corrected chi connectivity index (χ2v) is 10.9. The molecular formula is C25H30BrN3O3S2. The Morgan fingerprint density at radius 1 is 1.03 bits per heavy atom. The van der Waals surface area contributed by atoms with E-state index >= 15 is 0 Å². The summed E-state index contributed by atoms with van der Waals surface area (Å²) in [5.74, 6) is 0. The molecule has 9 heteroatoms. The van der Waals surface area contributed by atoms with Gasteiger partial charge >= 0.3 is 12.1 Å². The fourth-order valence-electron chi connectivity index (χ4n) is 3.30. The van der Waals surface area contributed by atoms with Crippen LogP contribution < -0.4 is 10.6 Å². The van der Waals surface area contributed by atoms with Crippen molar-refractivity contribution < 1.29 is 14.3 Å². The minimum absolute atomic E-state index is 0.135. The summed E-state index contributed by atoms with van der Waals surface area (Å²) in [7, 11) is 0. The van der Waals surface area contributed by atoms with Crippen molar-refractivity contribution in [3.05, 3.63) is 79.1 Å². The summed E-state index contributed by atoms with van der Waals surface area (Å²) in [6.07, 6.45) is 2.30. The predicted molar refractivity (Wildman–Crippen MR) is 142 cm³/mol. The van der Waals surface area contributed by atoms with Gasteiger partial charge in [-0.1, -0.05) is 60.0 Å². The Balaban J connectivity index is 1.53. The van der Waals surface area contributed by atoms with Crippen LogP contribution in [0.4, 0.5) is 9.59 Å². The number of halogens is 1. The van der Waals surface area contributed by atoms with E-state index in [1.807, 2.05) is 59.3 Å². The molecule has 0 aliphatic carbocycles.